The summed E-state index contributed by atoms with van der Waals surface area (Å²) in [5.41, 5.74) is 1.27. The fourth-order valence-corrected chi connectivity index (χ4v) is 1.32. The summed E-state index contributed by atoms with van der Waals surface area (Å²) in [6, 6.07) is 6.94. The predicted molar refractivity (Wildman–Crippen MR) is 70.5 cm³/mol. The normalized spacial score (nSPS) is 10.2. The van der Waals surface area contributed by atoms with Crippen LogP contribution in [-0.4, -0.2) is 24.5 Å². The van der Waals surface area contributed by atoms with Crippen LogP contribution < -0.4 is 10.6 Å². The Hall–Kier alpha value is -1.88. The molecule has 0 unspecified atom stereocenters. The zero-order valence-corrected chi connectivity index (χ0v) is 10.8. The lowest BCUT2D eigenvalue weighted by molar-refractivity contribution is -0.122. The molecule has 0 spiro atoms. The van der Waals surface area contributed by atoms with E-state index < -0.39 is 0 Å². The van der Waals surface area contributed by atoms with E-state index in [9.17, 15) is 9.59 Å². The minimum absolute atomic E-state index is 0.0152. The van der Waals surface area contributed by atoms with E-state index in [4.69, 9.17) is 4.74 Å². The van der Waals surface area contributed by atoms with Gasteiger partial charge in [-0.3, -0.25) is 9.59 Å². The molecule has 0 bridgehead atoms. The Morgan fingerprint density at radius 3 is 2.39 bits per heavy atom. The van der Waals surface area contributed by atoms with Crippen molar-refractivity contribution in [1.29, 1.82) is 0 Å². The first-order valence-corrected chi connectivity index (χ1v) is 5.76. The first kappa shape index (κ1) is 14.2. The standard InChI is InChI=1S/C13H18N2O3/c1-9(2)18-8-13(17)15-12-6-4-5-11(7-12)14-10(3)16/h4-7,9H,8H2,1-3H3,(H,14,16)(H,15,17). The van der Waals surface area contributed by atoms with Crippen LogP contribution in [0.2, 0.25) is 0 Å². The van der Waals surface area contributed by atoms with E-state index in [2.05, 4.69) is 10.6 Å². The van der Waals surface area contributed by atoms with E-state index in [1.54, 1.807) is 24.3 Å². The van der Waals surface area contributed by atoms with E-state index in [0.29, 0.717) is 11.4 Å². The second-order valence-electron chi connectivity index (χ2n) is 4.17. The van der Waals surface area contributed by atoms with E-state index in [0.717, 1.165) is 0 Å². The molecule has 0 aliphatic carbocycles. The van der Waals surface area contributed by atoms with Crippen molar-refractivity contribution in [2.75, 3.05) is 17.2 Å². The van der Waals surface area contributed by atoms with E-state index >= 15 is 0 Å². The maximum atomic E-state index is 11.5. The fraction of sp³-hybridized carbons (Fsp3) is 0.385. The molecule has 1 rings (SSSR count). The summed E-state index contributed by atoms with van der Waals surface area (Å²) in [5, 5.41) is 5.34. The minimum Gasteiger partial charge on any atom is -0.369 e. The molecule has 0 atom stereocenters. The molecule has 0 saturated carbocycles. The monoisotopic (exact) mass is 250 g/mol. The Morgan fingerprint density at radius 1 is 1.22 bits per heavy atom. The smallest absolute Gasteiger partial charge is 0.250 e. The molecule has 1 aromatic carbocycles. The van der Waals surface area contributed by atoms with E-state index in [1.165, 1.54) is 6.92 Å². The number of anilines is 2. The van der Waals surface area contributed by atoms with Crippen molar-refractivity contribution < 1.29 is 14.3 Å². The highest BCUT2D eigenvalue weighted by Crippen LogP contribution is 2.14. The van der Waals surface area contributed by atoms with Gasteiger partial charge in [-0.1, -0.05) is 6.07 Å². The molecule has 5 nitrogen and oxygen atoms in total. The molecule has 1 aromatic rings. The third-order valence-corrected chi connectivity index (χ3v) is 2.01. The largest absolute Gasteiger partial charge is 0.369 e. The number of rotatable bonds is 5. The van der Waals surface area contributed by atoms with Crippen LogP contribution >= 0.6 is 0 Å². The summed E-state index contributed by atoms with van der Waals surface area (Å²) in [5.74, 6) is -0.370. The van der Waals surface area contributed by atoms with Crippen molar-refractivity contribution in [3.8, 4) is 0 Å². The summed E-state index contributed by atoms with van der Waals surface area (Å²) in [6.45, 7) is 5.18. The van der Waals surface area contributed by atoms with Gasteiger partial charge in [0.2, 0.25) is 11.8 Å². The second-order valence-corrected chi connectivity index (χ2v) is 4.17. The Bertz CT molecular complexity index is 430. The number of carbonyl (C=O) groups excluding carboxylic acids is 2. The molecule has 0 aliphatic heterocycles. The van der Waals surface area contributed by atoms with Crippen LogP contribution in [0.4, 0.5) is 11.4 Å². The maximum absolute atomic E-state index is 11.5. The van der Waals surface area contributed by atoms with Crippen molar-refractivity contribution >= 4 is 23.2 Å². The van der Waals surface area contributed by atoms with Crippen LogP contribution in [0.25, 0.3) is 0 Å². The van der Waals surface area contributed by atoms with Gasteiger partial charge in [0.1, 0.15) is 6.61 Å². The molecule has 0 aromatic heterocycles. The first-order chi connectivity index (χ1) is 8.47. The van der Waals surface area contributed by atoms with Gasteiger partial charge in [-0.05, 0) is 32.0 Å². The molecule has 0 aliphatic rings. The van der Waals surface area contributed by atoms with Crippen LogP contribution in [-0.2, 0) is 14.3 Å². The molecule has 18 heavy (non-hydrogen) atoms. The Kier molecular flexibility index (Phi) is 5.32. The van der Waals surface area contributed by atoms with Gasteiger partial charge in [-0.25, -0.2) is 0 Å². The van der Waals surface area contributed by atoms with Crippen molar-refractivity contribution in [3.63, 3.8) is 0 Å². The van der Waals surface area contributed by atoms with Gasteiger partial charge >= 0.3 is 0 Å². The lowest BCUT2D eigenvalue weighted by Gasteiger charge is -2.09. The number of ether oxygens (including phenoxy) is 1. The third kappa shape index (κ3) is 5.45. The van der Waals surface area contributed by atoms with Crippen LogP contribution in [0.1, 0.15) is 20.8 Å². The van der Waals surface area contributed by atoms with Crippen molar-refractivity contribution in [1.82, 2.24) is 0 Å². The number of benzene rings is 1. The quantitative estimate of drug-likeness (QED) is 0.840. The number of carbonyl (C=O) groups is 2. The van der Waals surface area contributed by atoms with Crippen molar-refractivity contribution in [2.24, 2.45) is 0 Å². The van der Waals surface area contributed by atoms with Gasteiger partial charge in [0, 0.05) is 18.3 Å². The average Bonchev–Trinajstić information content (AvgIpc) is 2.26. The second kappa shape index (κ2) is 6.76. The van der Waals surface area contributed by atoms with Gasteiger partial charge in [0.15, 0.2) is 0 Å². The zero-order chi connectivity index (χ0) is 13.5. The first-order valence-electron chi connectivity index (χ1n) is 5.76. The molecular formula is C13H18N2O3. The van der Waals surface area contributed by atoms with Gasteiger partial charge in [0.25, 0.3) is 0 Å². The van der Waals surface area contributed by atoms with Crippen LogP contribution in [0.5, 0.6) is 0 Å². The van der Waals surface area contributed by atoms with E-state index in [1.807, 2.05) is 13.8 Å². The number of hydrogen-bond donors (Lipinski definition) is 2. The maximum Gasteiger partial charge on any atom is 0.250 e. The summed E-state index contributed by atoms with van der Waals surface area (Å²) >= 11 is 0. The minimum atomic E-state index is -0.219. The highest BCUT2D eigenvalue weighted by molar-refractivity contribution is 5.93. The fourth-order valence-electron chi connectivity index (χ4n) is 1.32. The zero-order valence-electron chi connectivity index (χ0n) is 10.8. The molecular weight excluding hydrogens is 232 g/mol. The molecule has 98 valence electrons. The Balaban J connectivity index is 2.56. The van der Waals surface area contributed by atoms with Gasteiger partial charge < -0.3 is 15.4 Å². The summed E-state index contributed by atoms with van der Waals surface area (Å²) in [4.78, 5) is 22.4. The summed E-state index contributed by atoms with van der Waals surface area (Å²) in [6.07, 6.45) is 0.0152. The molecule has 5 heteroatoms. The summed E-state index contributed by atoms with van der Waals surface area (Å²) < 4.78 is 5.19. The predicted octanol–water partition coefficient (Wildman–Crippen LogP) is 2.01. The van der Waals surface area contributed by atoms with Gasteiger partial charge in [-0.2, -0.15) is 0 Å². The Labute approximate surface area is 107 Å². The molecule has 2 N–H and O–H groups in total. The molecule has 2 amide bonds. The van der Waals surface area contributed by atoms with Crippen LogP contribution in [0, 0.1) is 0 Å². The third-order valence-electron chi connectivity index (χ3n) is 2.01. The van der Waals surface area contributed by atoms with Gasteiger partial charge in [-0.15, -0.1) is 0 Å². The average molecular weight is 250 g/mol. The molecule has 0 saturated heterocycles. The molecule has 0 radical (unpaired) electrons. The number of nitrogens with one attached hydrogen (secondary N) is 2. The van der Waals surface area contributed by atoms with Crippen molar-refractivity contribution in [2.45, 2.75) is 26.9 Å². The van der Waals surface area contributed by atoms with Crippen molar-refractivity contribution in [3.05, 3.63) is 24.3 Å². The number of hydrogen-bond acceptors (Lipinski definition) is 3. The molecule has 0 fully saturated rings. The lowest BCUT2D eigenvalue weighted by Crippen LogP contribution is -2.20. The van der Waals surface area contributed by atoms with Crippen LogP contribution in [0.15, 0.2) is 24.3 Å². The van der Waals surface area contributed by atoms with Gasteiger partial charge in [0.05, 0.1) is 6.10 Å². The Morgan fingerprint density at radius 2 is 1.83 bits per heavy atom. The highest BCUT2D eigenvalue weighted by Gasteiger charge is 2.04. The van der Waals surface area contributed by atoms with Crippen LogP contribution in [0.3, 0.4) is 0 Å². The SMILES string of the molecule is CC(=O)Nc1cccc(NC(=O)COC(C)C)c1. The topological polar surface area (TPSA) is 67.4 Å². The summed E-state index contributed by atoms with van der Waals surface area (Å²) in [7, 11) is 0. The molecule has 0 heterocycles. The van der Waals surface area contributed by atoms with E-state index in [-0.39, 0.29) is 24.5 Å². The number of amides is 2. The highest BCUT2D eigenvalue weighted by atomic mass is 16.5. The lowest BCUT2D eigenvalue weighted by atomic mass is 10.2.